The lowest BCUT2D eigenvalue weighted by molar-refractivity contribution is -0.151. The number of amides is 2. The van der Waals surface area contributed by atoms with Crippen molar-refractivity contribution in [2.45, 2.75) is 57.8 Å². The zero-order chi connectivity index (χ0) is 31.3. The standard InChI is InChI=1S/C35H41N3O6/c1-5-42-32(39)28-21-38(34(41)44-35(2,3)4)20-19-30(28)36-31(23-13-7-6-8-14-23)37-33(40)43-22-29-26-17-11-9-15-24(26)25-16-10-12-18-27(25)29/h6-18,28-31,36H,5,19-22H2,1-4H3,(H,37,40)/t28-,30?,31+/m1/s1. The Bertz CT molecular complexity index is 1430. The van der Waals surface area contributed by atoms with Gasteiger partial charge in [0.25, 0.3) is 0 Å². The van der Waals surface area contributed by atoms with Gasteiger partial charge in [-0.3, -0.25) is 10.1 Å². The third kappa shape index (κ3) is 7.22. The molecule has 0 bridgehead atoms. The van der Waals surface area contributed by atoms with Crippen molar-refractivity contribution in [2.24, 2.45) is 5.92 Å². The minimum absolute atomic E-state index is 0.0679. The molecule has 0 aromatic heterocycles. The summed E-state index contributed by atoms with van der Waals surface area (Å²) in [4.78, 5) is 40.8. The second-order valence-corrected chi connectivity index (χ2v) is 12.2. The molecule has 2 aliphatic rings. The van der Waals surface area contributed by atoms with Crippen LogP contribution in [-0.2, 0) is 19.0 Å². The molecule has 1 aliphatic carbocycles. The maximum absolute atomic E-state index is 13.3. The molecule has 9 heteroatoms. The average molecular weight is 600 g/mol. The number of fused-ring (bicyclic) bond motifs is 3. The second kappa shape index (κ2) is 13.5. The summed E-state index contributed by atoms with van der Waals surface area (Å²) in [6.45, 7) is 8.09. The van der Waals surface area contributed by atoms with Crippen molar-refractivity contribution in [3.63, 3.8) is 0 Å². The Morgan fingerprint density at radius 2 is 1.50 bits per heavy atom. The van der Waals surface area contributed by atoms with Gasteiger partial charge in [-0.2, -0.15) is 0 Å². The number of ether oxygens (including phenoxy) is 3. The number of alkyl carbamates (subject to hydrolysis) is 1. The summed E-state index contributed by atoms with van der Waals surface area (Å²) in [6.07, 6.45) is -1.24. The quantitative estimate of drug-likeness (QED) is 0.186. The molecule has 3 aromatic carbocycles. The van der Waals surface area contributed by atoms with Crippen LogP contribution in [0.4, 0.5) is 9.59 Å². The molecule has 2 amide bonds. The van der Waals surface area contributed by atoms with Gasteiger partial charge in [0.1, 0.15) is 18.4 Å². The Hall–Kier alpha value is -4.37. The molecule has 5 rings (SSSR count). The van der Waals surface area contributed by atoms with Gasteiger partial charge in [-0.15, -0.1) is 0 Å². The summed E-state index contributed by atoms with van der Waals surface area (Å²) in [7, 11) is 0. The molecule has 3 aromatic rings. The number of carbonyl (C=O) groups is 3. The van der Waals surface area contributed by atoms with Crippen molar-refractivity contribution in [1.29, 1.82) is 0 Å². The summed E-state index contributed by atoms with van der Waals surface area (Å²) >= 11 is 0. The number of carbonyl (C=O) groups excluding carboxylic acids is 3. The van der Waals surface area contributed by atoms with Gasteiger partial charge in [-0.25, -0.2) is 9.59 Å². The molecule has 44 heavy (non-hydrogen) atoms. The highest BCUT2D eigenvalue weighted by molar-refractivity contribution is 5.79. The van der Waals surface area contributed by atoms with Gasteiger partial charge in [0.15, 0.2) is 0 Å². The summed E-state index contributed by atoms with van der Waals surface area (Å²) in [5, 5.41) is 6.45. The average Bonchev–Trinajstić information content (AvgIpc) is 3.33. The number of hydrogen-bond donors (Lipinski definition) is 2. The molecule has 1 heterocycles. The number of rotatable bonds is 8. The molecule has 0 saturated carbocycles. The van der Waals surface area contributed by atoms with E-state index in [1.807, 2.05) is 75.4 Å². The fourth-order valence-corrected chi connectivity index (χ4v) is 5.97. The van der Waals surface area contributed by atoms with E-state index in [0.717, 1.165) is 27.8 Å². The van der Waals surface area contributed by atoms with Gasteiger partial charge in [0.2, 0.25) is 0 Å². The fourth-order valence-electron chi connectivity index (χ4n) is 5.97. The molecule has 1 fully saturated rings. The van der Waals surface area contributed by atoms with E-state index in [2.05, 4.69) is 34.9 Å². The van der Waals surface area contributed by atoms with Crippen molar-refractivity contribution in [3.05, 3.63) is 95.6 Å². The van der Waals surface area contributed by atoms with Crippen LogP contribution in [-0.4, -0.2) is 61.0 Å². The first kappa shape index (κ1) is 31.1. The minimum atomic E-state index is -0.660. The van der Waals surface area contributed by atoms with Gasteiger partial charge < -0.3 is 24.4 Å². The molecular weight excluding hydrogens is 558 g/mol. The molecule has 232 valence electrons. The fraction of sp³-hybridized carbons (Fsp3) is 0.400. The van der Waals surface area contributed by atoms with Gasteiger partial charge in [0.05, 0.1) is 12.5 Å². The molecular formula is C35H41N3O6. The Labute approximate surface area is 258 Å². The van der Waals surface area contributed by atoms with E-state index in [4.69, 9.17) is 14.2 Å². The lowest BCUT2D eigenvalue weighted by Gasteiger charge is -2.39. The number of nitrogens with one attached hydrogen (secondary N) is 2. The van der Waals surface area contributed by atoms with E-state index in [0.29, 0.717) is 13.0 Å². The van der Waals surface area contributed by atoms with Gasteiger partial charge in [-0.1, -0.05) is 78.9 Å². The largest absolute Gasteiger partial charge is 0.466 e. The number of esters is 1. The zero-order valence-corrected chi connectivity index (χ0v) is 25.7. The number of likely N-dealkylation sites (tertiary alicyclic amines) is 1. The first-order valence-electron chi connectivity index (χ1n) is 15.2. The van der Waals surface area contributed by atoms with E-state index in [9.17, 15) is 14.4 Å². The SMILES string of the molecule is CCOC(=O)[C@@H]1CN(C(=O)OC(C)(C)C)CCC1N[C@@H](NC(=O)OCC1c2ccccc2-c2ccccc21)c1ccccc1. The van der Waals surface area contributed by atoms with Crippen LogP contribution in [0.1, 0.15) is 62.9 Å². The van der Waals surface area contributed by atoms with Crippen LogP contribution in [0.15, 0.2) is 78.9 Å². The van der Waals surface area contributed by atoms with Crippen molar-refractivity contribution >= 4 is 18.2 Å². The molecule has 0 spiro atoms. The molecule has 0 radical (unpaired) electrons. The molecule has 1 saturated heterocycles. The van der Waals surface area contributed by atoms with Crippen molar-refractivity contribution in [3.8, 4) is 11.1 Å². The normalized spacial score (nSPS) is 18.5. The van der Waals surface area contributed by atoms with Crippen LogP contribution in [0.25, 0.3) is 11.1 Å². The molecule has 1 unspecified atom stereocenters. The second-order valence-electron chi connectivity index (χ2n) is 12.2. The predicted octanol–water partition coefficient (Wildman–Crippen LogP) is 6.00. The van der Waals surface area contributed by atoms with Crippen LogP contribution < -0.4 is 10.6 Å². The number of benzene rings is 3. The lowest BCUT2D eigenvalue weighted by Crippen LogP contribution is -2.56. The van der Waals surface area contributed by atoms with Gasteiger partial charge in [0, 0.05) is 25.0 Å². The van der Waals surface area contributed by atoms with E-state index in [1.54, 1.807) is 11.8 Å². The molecule has 2 N–H and O–H groups in total. The predicted molar refractivity (Wildman–Crippen MR) is 167 cm³/mol. The van der Waals surface area contributed by atoms with Crippen LogP contribution in [0, 0.1) is 5.92 Å². The Kier molecular flexibility index (Phi) is 9.54. The van der Waals surface area contributed by atoms with Crippen molar-refractivity contribution in [2.75, 3.05) is 26.3 Å². The highest BCUT2D eigenvalue weighted by atomic mass is 16.6. The topological polar surface area (TPSA) is 106 Å². The lowest BCUT2D eigenvalue weighted by atomic mass is 9.91. The van der Waals surface area contributed by atoms with Crippen LogP contribution in [0.3, 0.4) is 0 Å². The van der Waals surface area contributed by atoms with E-state index in [1.165, 1.54) is 0 Å². The Morgan fingerprint density at radius 1 is 0.886 bits per heavy atom. The Balaban J connectivity index is 1.30. The van der Waals surface area contributed by atoms with E-state index >= 15 is 0 Å². The summed E-state index contributed by atoms with van der Waals surface area (Å²) in [6, 6.07) is 25.5. The van der Waals surface area contributed by atoms with E-state index in [-0.39, 0.29) is 31.7 Å². The van der Waals surface area contributed by atoms with Crippen LogP contribution in [0.2, 0.25) is 0 Å². The first-order chi connectivity index (χ1) is 21.1. The van der Waals surface area contributed by atoms with E-state index < -0.39 is 35.8 Å². The first-order valence-corrected chi connectivity index (χ1v) is 15.2. The van der Waals surface area contributed by atoms with Gasteiger partial charge in [-0.05, 0) is 61.9 Å². The molecule has 1 aliphatic heterocycles. The third-order valence-corrected chi connectivity index (χ3v) is 7.97. The van der Waals surface area contributed by atoms with Crippen LogP contribution >= 0.6 is 0 Å². The van der Waals surface area contributed by atoms with Crippen molar-refractivity contribution < 1.29 is 28.6 Å². The summed E-state index contributed by atoms with van der Waals surface area (Å²) < 4.78 is 16.8. The number of hydrogen-bond acceptors (Lipinski definition) is 7. The van der Waals surface area contributed by atoms with Crippen LogP contribution in [0.5, 0.6) is 0 Å². The van der Waals surface area contributed by atoms with Crippen molar-refractivity contribution in [1.82, 2.24) is 15.5 Å². The zero-order valence-electron chi connectivity index (χ0n) is 25.7. The maximum atomic E-state index is 13.3. The number of piperidine rings is 1. The number of nitrogens with zero attached hydrogens (tertiary/aromatic N) is 1. The third-order valence-electron chi connectivity index (χ3n) is 7.97. The Morgan fingerprint density at radius 3 is 2.11 bits per heavy atom. The summed E-state index contributed by atoms with van der Waals surface area (Å²) in [5.41, 5.74) is 4.73. The highest BCUT2D eigenvalue weighted by Gasteiger charge is 2.40. The molecule has 3 atom stereocenters. The smallest absolute Gasteiger partial charge is 0.410 e. The highest BCUT2D eigenvalue weighted by Crippen LogP contribution is 2.44. The summed E-state index contributed by atoms with van der Waals surface area (Å²) in [5.74, 6) is -1.14. The van der Waals surface area contributed by atoms with Gasteiger partial charge >= 0.3 is 18.2 Å². The maximum Gasteiger partial charge on any atom is 0.410 e. The minimum Gasteiger partial charge on any atom is -0.466 e. The molecule has 9 nitrogen and oxygen atoms in total. The monoisotopic (exact) mass is 599 g/mol.